The van der Waals surface area contributed by atoms with Gasteiger partial charge in [0.15, 0.2) is 5.96 Å². The number of carbonyl (C=O) groups is 1. The quantitative estimate of drug-likeness (QED) is 0.279. The molecule has 1 aliphatic rings. The second-order valence-electron chi connectivity index (χ2n) is 2.16. The Labute approximate surface area is 52.9 Å². The van der Waals surface area contributed by atoms with Crippen molar-refractivity contribution in [2.75, 3.05) is 0 Å². The van der Waals surface area contributed by atoms with Crippen LogP contribution in [-0.2, 0) is 4.79 Å². The summed E-state index contributed by atoms with van der Waals surface area (Å²) < 4.78 is 0. The molecule has 2 atom stereocenters. The maximum atomic E-state index is 10.0. The molecule has 4 heteroatoms. The summed E-state index contributed by atoms with van der Waals surface area (Å²) in [6, 6.07) is 0.0764. The molecule has 4 nitrogen and oxygen atoms in total. The van der Waals surface area contributed by atoms with Gasteiger partial charge >= 0.3 is 0 Å². The van der Waals surface area contributed by atoms with Gasteiger partial charge in [-0.3, -0.25) is 0 Å². The fraction of sp³-hybridized carbons (Fsp3) is 0.600. The molecule has 0 heterocycles. The standard InChI is InChI=1S/C5H9N3O/c6-5(7)8-4-1-3(4)2-9/h2-4H,1H2,(H4,6,7,8). The summed E-state index contributed by atoms with van der Waals surface area (Å²) in [4.78, 5) is 13.8. The van der Waals surface area contributed by atoms with E-state index >= 15 is 0 Å². The molecule has 0 radical (unpaired) electrons. The second-order valence-corrected chi connectivity index (χ2v) is 2.16. The fourth-order valence-corrected chi connectivity index (χ4v) is 0.686. The number of aldehydes is 1. The molecule has 50 valence electrons. The van der Waals surface area contributed by atoms with Crippen molar-refractivity contribution in [2.45, 2.75) is 12.5 Å². The third-order valence-corrected chi connectivity index (χ3v) is 1.29. The normalized spacial score (nSPS) is 31.1. The summed E-state index contributed by atoms with van der Waals surface area (Å²) >= 11 is 0. The van der Waals surface area contributed by atoms with E-state index in [4.69, 9.17) is 11.5 Å². The van der Waals surface area contributed by atoms with Crippen LogP contribution >= 0.6 is 0 Å². The largest absolute Gasteiger partial charge is 0.370 e. The Bertz CT molecular complexity index is 150. The van der Waals surface area contributed by atoms with Gasteiger partial charge in [0.2, 0.25) is 0 Å². The molecule has 0 aromatic heterocycles. The minimum Gasteiger partial charge on any atom is -0.370 e. The van der Waals surface area contributed by atoms with Gasteiger partial charge in [0.25, 0.3) is 0 Å². The molecule has 4 N–H and O–H groups in total. The van der Waals surface area contributed by atoms with Gasteiger partial charge in [0.05, 0.1) is 6.04 Å². The number of hydrogen-bond donors (Lipinski definition) is 2. The number of carbonyl (C=O) groups excluding carboxylic acids is 1. The molecule has 0 aromatic carbocycles. The van der Waals surface area contributed by atoms with Crippen molar-refractivity contribution in [3.63, 3.8) is 0 Å². The smallest absolute Gasteiger partial charge is 0.186 e. The van der Waals surface area contributed by atoms with E-state index in [1.165, 1.54) is 0 Å². The summed E-state index contributed by atoms with van der Waals surface area (Å²) in [5.74, 6) is 0.149. The lowest BCUT2D eigenvalue weighted by atomic mass is 10.5. The van der Waals surface area contributed by atoms with Crippen molar-refractivity contribution in [1.82, 2.24) is 0 Å². The Morgan fingerprint density at radius 1 is 1.67 bits per heavy atom. The number of aliphatic imine (C=N–C) groups is 1. The molecule has 1 rings (SSSR count). The van der Waals surface area contributed by atoms with Gasteiger partial charge < -0.3 is 16.3 Å². The van der Waals surface area contributed by atoms with Gasteiger partial charge in [0.1, 0.15) is 6.29 Å². The van der Waals surface area contributed by atoms with Crippen LogP contribution in [-0.4, -0.2) is 18.3 Å². The molecule has 2 unspecified atom stereocenters. The lowest BCUT2D eigenvalue weighted by Gasteiger charge is -1.86. The Morgan fingerprint density at radius 3 is 2.67 bits per heavy atom. The highest BCUT2D eigenvalue weighted by molar-refractivity contribution is 5.76. The van der Waals surface area contributed by atoms with Gasteiger partial charge in [-0.2, -0.15) is 0 Å². The first-order chi connectivity index (χ1) is 4.24. The minimum absolute atomic E-state index is 0.0735. The van der Waals surface area contributed by atoms with Crippen molar-refractivity contribution < 1.29 is 4.79 Å². The zero-order valence-corrected chi connectivity index (χ0v) is 4.95. The van der Waals surface area contributed by atoms with Crippen LogP contribution in [0, 0.1) is 5.92 Å². The van der Waals surface area contributed by atoms with E-state index in [0.29, 0.717) is 0 Å². The molecule has 0 aliphatic heterocycles. The van der Waals surface area contributed by atoms with E-state index < -0.39 is 0 Å². The Kier molecular flexibility index (Phi) is 1.38. The average molecular weight is 127 g/mol. The Balaban J connectivity index is 2.35. The van der Waals surface area contributed by atoms with Crippen LogP contribution < -0.4 is 11.5 Å². The van der Waals surface area contributed by atoms with Crippen LogP contribution in [0.25, 0.3) is 0 Å². The van der Waals surface area contributed by atoms with Crippen molar-refractivity contribution in [2.24, 2.45) is 22.4 Å². The van der Waals surface area contributed by atoms with Crippen molar-refractivity contribution in [3.05, 3.63) is 0 Å². The molecule has 0 bridgehead atoms. The van der Waals surface area contributed by atoms with Gasteiger partial charge in [-0.1, -0.05) is 0 Å². The monoisotopic (exact) mass is 127 g/mol. The SMILES string of the molecule is NC(N)=NC1CC1C=O. The maximum Gasteiger partial charge on any atom is 0.186 e. The molecule has 0 saturated heterocycles. The van der Waals surface area contributed by atoms with Crippen molar-refractivity contribution >= 4 is 12.2 Å². The highest BCUT2D eigenvalue weighted by atomic mass is 16.1. The van der Waals surface area contributed by atoms with Gasteiger partial charge in [0, 0.05) is 5.92 Å². The number of nitrogens with two attached hydrogens (primary N) is 2. The first-order valence-electron chi connectivity index (χ1n) is 2.78. The van der Waals surface area contributed by atoms with E-state index in [9.17, 15) is 4.79 Å². The lowest BCUT2D eigenvalue weighted by Crippen LogP contribution is -2.23. The predicted molar refractivity (Wildman–Crippen MR) is 33.8 cm³/mol. The number of nitrogens with zero attached hydrogens (tertiary/aromatic N) is 1. The van der Waals surface area contributed by atoms with Crippen LogP contribution in [0.2, 0.25) is 0 Å². The van der Waals surface area contributed by atoms with Gasteiger partial charge in [-0.25, -0.2) is 4.99 Å². The molecular formula is C5H9N3O. The molecule has 0 amide bonds. The van der Waals surface area contributed by atoms with Crippen LogP contribution in [0.1, 0.15) is 6.42 Å². The van der Waals surface area contributed by atoms with Crippen molar-refractivity contribution in [1.29, 1.82) is 0 Å². The predicted octanol–water partition coefficient (Wildman–Crippen LogP) is -1.15. The van der Waals surface area contributed by atoms with E-state index in [2.05, 4.69) is 4.99 Å². The third kappa shape index (κ3) is 1.42. The summed E-state index contributed by atoms with van der Waals surface area (Å²) in [6.07, 6.45) is 1.69. The molecule has 1 aliphatic carbocycles. The summed E-state index contributed by atoms with van der Waals surface area (Å²) in [7, 11) is 0. The third-order valence-electron chi connectivity index (χ3n) is 1.29. The topological polar surface area (TPSA) is 81.5 Å². The van der Waals surface area contributed by atoms with Gasteiger partial charge in [-0.15, -0.1) is 0 Å². The molecule has 0 spiro atoms. The Morgan fingerprint density at radius 2 is 2.33 bits per heavy atom. The number of guanidine groups is 1. The zero-order chi connectivity index (χ0) is 6.85. The highest BCUT2D eigenvalue weighted by Crippen LogP contribution is 2.30. The van der Waals surface area contributed by atoms with E-state index in [0.717, 1.165) is 12.7 Å². The number of rotatable bonds is 2. The first-order valence-corrected chi connectivity index (χ1v) is 2.78. The lowest BCUT2D eigenvalue weighted by molar-refractivity contribution is -0.108. The molecular weight excluding hydrogens is 118 g/mol. The average Bonchev–Trinajstić information content (AvgIpc) is 2.45. The summed E-state index contributed by atoms with van der Waals surface area (Å²) in [6.45, 7) is 0. The fourth-order valence-electron chi connectivity index (χ4n) is 0.686. The van der Waals surface area contributed by atoms with Crippen LogP contribution in [0.15, 0.2) is 4.99 Å². The van der Waals surface area contributed by atoms with Crippen molar-refractivity contribution in [3.8, 4) is 0 Å². The molecule has 1 saturated carbocycles. The van der Waals surface area contributed by atoms with Gasteiger partial charge in [-0.05, 0) is 6.42 Å². The summed E-state index contributed by atoms with van der Waals surface area (Å²) in [5, 5.41) is 0. The maximum absolute atomic E-state index is 10.0. The van der Waals surface area contributed by atoms with Crippen LogP contribution in [0.5, 0.6) is 0 Å². The van der Waals surface area contributed by atoms with E-state index in [1.807, 2.05) is 0 Å². The zero-order valence-electron chi connectivity index (χ0n) is 4.95. The molecule has 1 fully saturated rings. The second kappa shape index (κ2) is 2.05. The van der Waals surface area contributed by atoms with E-state index in [-0.39, 0.29) is 17.9 Å². The first kappa shape index (κ1) is 6.07. The van der Waals surface area contributed by atoms with Crippen LogP contribution in [0.3, 0.4) is 0 Å². The Hall–Kier alpha value is -1.06. The number of hydrogen-bond acceptors (Lipinski definition) is 2. The summed E-state index contributed by atoms with van der Waals surface area (Å²) in [5.41, 5.74) is 10.1. The van der Waals surface area contributed by atoms with Crippen LogP contribution in [0.4, 0.5) is 0 Å². The van der Waals surface area contributed by atoms with E-state index in [1.54, 1.807) is 0 Å². The highest BCUT2D eigenvalue weighted by Gasteiger charge is 2.36. The minimum atomic E-state index is 0.0735. The molecule has 9 heavy (non-hydrogen) atoms. The molecule has 0 aromatic rings.